The van der Waals surface area contributed by atoms with Crippen LogP contribution in [0.25, 0.3) is 0 Å². The van der Waals surface area contributed by atoms with Crippen LogP contribution in [0.3, 0.4) is 0 Å². The van der Waals surface area contributed by atoms with Crippen LogP contribution in [-0.4, -0.2) is 220 Å². The third kappa shape index (κ3) is 3890. The van der Waals surface area contributed by atoms with Crippen molar-refractivity contribution in [3.63, 3.8) is 0 Å². The van der Waals surface area contributed by atoms with E-state index in [0.29, 0.717) is 0 Å². The van der Waals surface area contributed by atoms with Crippen molar-refractivity contribution < 1.29 is 459 Å². The van der Waals surface area contributed by atoms with Crippen LogP contribution < -0.4 is 0 Å². The van der Waals surface area contributed by atoms with Crippen LogP contribution in [-0.2, 0) is 248 Å². The Morgan fingerprint density at radius 1 is 0.135 bits per heavy atom. The van der Waals surface area contributed by atoms with Gasteiger partial charge in [-0.1, -0.05) is 0 Å². The molecule has 0 atom stereocenters. The second-order valence-electron chi connectivity index (χ2n) is 0.600. The standard InChI is InChI=1S/Co.H4O4Si.35H2O.11W/c;1-5(2,3)4;;;;;;;;;;;;;;;;;;;;;;;;;;;;;;;;;;;;;;;;;;;;;;/h;1-4H;35*1H2;;;;;;;;;;;. The minimum Gasteiger partial charge on any atom is -0.412 e. The molecule has 0 unspecified atom stereocenters. The van der Waals surface area contributed by atoms with E-state index in [-0.39, 0.29) is 440 Å². The number of rotatable bonds is 0. The van der Waals surface area contributed by atoms with E-state index < -0.39 is 9.05 Å². The van der Waals surface area contributed by atoms with Gasteiger partial charge >= 0.3 is 9.05 Å². The molecule has 0 aromatic carbocycles. The van der Waals surface area contributed by atoms with Crippen LogP contribution in [0.15, 0.2) is 0 Å². The van der Waals surface area contributed by atoms with Crippen LogP contribution in [0.2, 0.25) is 0 Å². The van der Waals surface area contributed by atoms with E-state index in [1.807, 2.05) is 0 Å². The molecule has 0 bridgehead atoms. The van der Waals surface area contributed by atoms with E-state index in [9.17, 15) is 0 Å². The SMILES string of the molecule is O.O.O.O.O.O.O.O.O.O.O.O.O.O.O.O.O.O.O.O.O.O.O.O.O.O.O.O.O.O.O.O.O.O.O.O[Si](O)(O)O.[Co].[W].[W].[W].[W].[W].[W].[W].[W].[W].[W].[W]. The molecule has 0 aliphatic heterocycles. The van der Waals surface area contributed by atoms with Crippen molar-refractivity contribution in [2.24, 2.45) is 0 Å². The van der Waals surface area contributed by atoms with E-state index in [1.54, 1.807) is 0 Å². The van der Waals surface area contributed by atoms with Gasteiger partial charge in [0.2, 0.25) is 0 Å². The average molecular weight is 2810 g/mol. The molecule has 1 radical (unpaired) electrons. The summed E-state index contributed by atoms with van der Waals surface area (Å²) in [6, 6.07) is 0. The van der Waals surface area contributed by atoms with E-state index in [1.165, 1.54) is 0 Å². The second-order valence-corrected chi connectivity index (χ2v) is 1.80. The maximum Gasteiger partial charge on any atom is 0.668 e. The van der Waals surface area contributed by atoms with Gasteiger partial charge in [-0.2, -0.15) is 0 Å². The van der Waals surface area contributed by atoms with Gasteiger partial charge in [-0.3, -0.25) is 0 Å². The molecule has 39 nitrogen and oxygen atoms in total. The van der Waals surface area contributed by atoms with Gasteiger partial charge in [0, 0.05) is 248 Å². The fraction of sp³-hybridized carbons (Fsp3) is 0. The fourth-order valence-corrected chi connectivity index (χ4v) is 0. The van der Waals surface area contributed by atoms with Gasteiger partial charge in [0.1, 0.15) is 0 Å². The van der Waals surface area contributed by atoms with Crippen LogP contribution in [0.5, 0.6) is 0 Å². The quantitative estimate of drug-likeness (QED) is 0.172. The first-order valence-corrected chi connectivity index (χ1v) is 2.68. The molecule has 0 aromatic rings. The Bertz CT molecular complexity index is 67.7. The normalized spacial score (nSPS) is 1.15. The summed E-state index contributed by atoms with van der Waals surface area (Å²) in [4.78, 5) is 29.3. The second kappa shape index (κ2) is 1150. The Labute approximate surface area is 462 Å². The van der Waals surface area contributed by atoms with Crippen molar-refractivity contribution in [2.75, 3.05) is 0 Å². The van der Waals surface area contributed by atoms with Gasteiger partial charge < -0.3 is 211 Å². The number of hydrogen-bond acceptors (Lipinski definition) is 4. The van der Waals surface area contributed by atoms with Crippen LogP contribution in [0.4, 0.5) is 0 Å². The maximum atomic E-state index is 7.33. The third-order valence-electron chi connectivity index (χ3n) is 0. The molecule has 52 heteroatoms. The predicted octanol–water partition coefficient (Wildman–Crippen LogP) is -31.5. The average Bonchev–Trinajstić information content (AvgIpc) is 0.722. The molecule has 0 aliphatic rings. The van der Waals surface area contributed by atoms with Gasteiger partial charge in [-0.15, -0.1) is 0 Å². The fourth-order valence-electron chi connectivity index (χ4n) is 0. The zero-order valence-corrected chi connectivity index (χ0v) is 58.9. The Balaban J connectivity index is -0.0000000000740. The first kappa shape index (κ1) is 1700. The summed E-state index contributed by atoms with van der Waals surface area (Å²) < 4.78 is 0. The van der Waals surface area contributed by atoms with Gasteiger partial charge in [-0.05, 0) is 0 Å². The smallest absolute Gasteiger partial charge is 0.412 e. The van der Waals surface area contributed by atoms with Crippen molar-refractivity contribution in [1.82, 2.24) is 0 Å². The third-order valence-corrected chi connectivity index (χ3v) is 0. The van der Waals surface area contributed by atoms with E-state index in [4.69, 9.17) is 19.2 Å². The van der Waals surface area contributed by atoms with Crippen molar-refractivity contribution in [3.8, 4) is 0 Å². The van der Waals surface area contributed by atoms with E-state index >= 15 is 0 Å². The minimum absolute atomic E-state index is 0. The maximum absolute atomic E-state index is 7.33. The van der Waals surface area contributed by atoms with Crippen molar-refractivity contribution >= 4 is 9.05 Å². The first-order chi connectivity index (χ1) is 2.00. The molecule has 0 rings (SSSR count). The van der Waals surface area contributed by atoms with Crippen LogP contribution >= 0.6 is 0 Å². The molecule has 52 heavy (non-hydrogen) atoms. The minimum atomic E-state index is -4.61. The van der Waals surface area contributed by atoms with Gasteiger partial charge in [0.05, 0.1) is 0 Å². The van der Waals surface area contributed by atoms with Gasteiger partial charge in [0.15, 0.2) is 0 Å². The predicted molar refractivity (Wildman–Crippen MR) is 141 cm³/mol. The summed E-state index contributed by atoms with van der Waals surface area (Å²) in [6.45, 7) is 0. The monoisotopic (exact) mass is 2810 g/mol. The molecule has 0 aliphatic carbocycles. The molecule has 0 saturated carbocycles. The summed E-state index contributed by atoms with van der Waals surface area (Å²) in [6.07, 6.45) is 0. The number of hydrogen-bond donors (Lipinski definition) is 4. The van der Waals surface area contributed by atoms with E-state index in [0.717, 1.165) is 0 Å². The van der Waals surface area contributed by atoms with Crippen molar-refractivity contribution in [2.45, 2.75) is 0 Å². The first-order valence-electron chi connectivity index (χ1n) is 0.894. The molecule has 74 N–H and O–H groups in total. The Kier molecular flexibility index (Phi) is 37400. The molecule has 0 heterocycles. The summed E-state index contributed by atoms with van der Waals surface area (Å²) in [5, 5.41) is 0. The van der Waals surface area contributed by atoms with Crippen molar-refractivity contribution in [1.29, 1.82) is 0 Å². The Hall–Kier alpha value is 6.73. The molecule has 0 aromatic heterocycles. The van der Waals surface area contributed by atoms with Crippen LogP contribution in [0, 0.1) is 0 Å². The molecular formula is H74CoO39SiW11. The molecule has 0 fully saturated rings. The van der Waals surface area contributed by atoms with E-state index in [2.05, 4.69) is 0 Å². The summed E-state index contributed by atoms with van der Waals surface area (Å²) in [7, 11) is -4.61. The summed E-state index contributed by atoms with van der Waals surface area (Å²) in [5.41, 5.74) is 0. The van der Waals surface area contributed by atoms with Crippen molar-refractivity contribution in [3.05, 3.63) is 0 Å². The topological polar surface area (TPSA) is 1180 Å². The molecule has 387 valence electrons. The zero-order valence-electron chi connectivity index (χ0n) is 24.6. The Morgan fingerprint density at radius 2 is 0.135 bits per heavy atom. The zero-order chi connectivity index (χ0) is 4.50. The molecule has 0 spiro atoms. The largest absolute Gasteiger partial charge is 0.668 e. The van der Waals surface area contributed by atoms with Crippen LogP contribution in [0.1, 0.15) is 0 Å². The van der Waals surface area contributed by atoms with Gasteiger partial charge in [0.25, 0.3) is 0 Å². The van der Waals surface area contributed by atoms with Gasteiger partial charge in [-0.25, -0.2) is 0 Å². The Morgan fingerprint density at radius 3 is 0.135 bits per heavy atom. The summed E-state index contributed by atoms with van der Waals surface area (Å²) in [5.74, 6) is 0. The molecule has 0 saturated heterocycles. The molecular weight excluding hydrogens is 2730 g/mol. The molecule has 0 amide bonds. The summed E-state index contributed by atoms with van der Waals surface area (Å²) >= 11 is 0.